The lowest BCUT2D eigenvalue weighted by Crippen LogP contribution is -2.13. The highest BCUT2D eigenvalue weighted by Gasteiger charge is 2.12. The first-order valence-electron chi connectivity index (χ1n) is 6.77. The van der Waals surface area contributed by atoms with Crippen LogP contribution in [0.2, 0.25) is 0 Å². The molecular formula is C16H16N4O2. The van der Waals surface area contributed by atoms with E-state index >= 15 is 0 Å². The lowest BCUT2D eigenvalue weighted by Gasteiger charge is -2.20. The van der Waals surface area contributed by atoms with Gasteiger partial charge in [-0.3, -0.25) is 5.21 Å². The van der Waals surface area contributed by atoms with E-state index in [4.69, 9.17) is 9.94 Å². The lowest BCUT2D eigenvalue weighted by atomic mass is 10.2. The molecule has 0 amide bonds. The molecule has 2 aromatic carbocycles. The Balaban J connectivity index is 2.10. The van der Waals surface area contributed by atoms with Crippen molar-refractivity contribution in [3.63, 3.8) is 0 Å². The summed E-state index contributed by atoms with van der Waals surface area (Å²) in [6.45, 7) is 0. The molecule has 0 saturated carbocycles. The van der Waals surface area contributed by atoms with E-state index in [9.17, 15) is 0 Å². The van der Waals surface area contributed by atoms with E-state index in [2.05, 4.69) is 9.97 Å². The highest BCUT2D eigenvalue weighted by Crippen LogP contribution is 2.30. The number of benzene rings is 2. The molecule has 2 N–H and O–H groups in total. The number of nitrogens with one attached hydrogen (secondary N) is 1. The van der Waals surface area contributed by atoms with Gasteiger partial charge in [-0.2, -0.15) is 4.98 Å². The number of rotatable bonds is 4. The fourth-order valence-corrected chi connectivity index (χ4v) is 2.29. The van der Waals surface area contributed by atoms with Crippen LogP contribution in [0.4, 0.5) is 17.5 Å². The van der Waals surface area contributed by atoms with Gasteiger partial charge in [-0.25, -0.2) is 10.5 Å². The van der Waals surface area contributed by atoms with Gasteiger partial charge in [0.05, 0.1) is 12.6 Å². The van der Waals surface area contributed by atoms with Crippen molar-refractivity contribution in [3.8, 4) is 5.75 Å². The lowest BCUT2D eigenvalue weighted by molar-refractivity contribution is 0.383. The van der Waals surface area contributed by atoms with Crippen LogP contribution in [0.25, 0.3) is 10.9 Å². The number of hydrogen-bond donors (Lipinski definition) is 2. The van der Waals surface area contributed by atoms with Crippen molar-refractivity contribution in [2.75, 3.05) is 24.5 Å². The summed E-state index contributed by atoms with van der Waals surface area (Å²) < 4.78 is 5.17. The number of methoxy groups -OCH3 is 1. The normalized spacial score (nSPS) is 10.5. The molecule has 0 radical (unpaired) electrons. The molecule has 3 rings (SSSR count). The maximum Gasteiger partial charge on any atom is 0.249 e. The van der Waals surface area contributed by atoms with E-state index in [1.54, 1.807) is 7.11 Å². The quantitative estimate of drug-likeness (QED) is 0.720. The first-order valence-corrected chi connectivity index (χ1v) is 6.77. The van der Waals surface area contributed by atoms with E-state index in [1.807, 2.05) is 66.0 Å². The maximum atomic E-state index is 9.13. The second kappa shape index (κ2) is 5.87. The first kappa shape index (κ1) is 14.1. The van der Waals surface area contributed by atoms with Crippen LogP contribution in [0, 0.1) is 0 Å². The largest absolute Gasteiger partial charge is 0.497 e. The number of anilines is 3. The van der Waals surface area contributed by atoms with Gasteiger partial charge in [0.1, 0.15) is 11.6 Å². The molecule has 6 heteroatoms. The van der Waals surface area contributed by atoms with Gasteiger partial charge in [-0.05, 0) is 36.4 Å². The average Bonchev–Trinajstić information content (AvgIpc) is 2.60. The molecule has 0 fully saturated rings. The maximum absolute atomic E-state index is 9.13. The van der Waals surface area contributed by atoms with E-state index < -0.39 is 0 Å². The Hall–Kier alpha value is -2.86. The van der Waals surface area contributed by atoms with E-state index in [1.165, 1.54) is 0 Å². The standard InChI is InChI=1S/C16H16N4O2/c1-20(11-7-9-12(22-2)10-8-11)15-13-5-3-4-6-14(13)17-16(18-15)19-21/h3-10,21H,1-2H3,(H,17,18,19). The van der Waals surface area contributed by atoms with Crippen molar-refractivity contribution in [3.05, 3.63) is 48.5 Å². The number of aromatic nitrogens is 2. The van der Waals surface area contributed by atoms with Crippen LogP contribution >= 0.6 is 0 Å². The van der Waals surface area contributed by atoms with Gasteiger partial charge in [-0.1, -0.05) is 12.1 Å². The van der Waals surface area contributed by atoms with Crippen LogP contribution in [-0.2, 0) is 0 Å². The van der Waals surface area contributed by atoms with Crippen molar-refractivity contribution in [2.45, 2.75) is 0 Å². The van der Waals surface area contributed by atoms with Crippen LogP contribution < -0.4 is 15.1 Å². The molecule has 0 aliphatic heterocycles. The van der Waals surface area contributed by atoms with Crippen LogP contribution in [0.5, 0.6) is 5.75 Å². The Labute approximate surface area is 128 Å². The van der Waals surface area contributed by atoms with Crippen LogP contribution in [0.15, 0.2) is 48.5 Å². The van der Waals surface area contributed by atoms with Crippen molar-refractivity contribution in [1.29, 1.82) is 0 Å². The molecule has 1 aromatic heterocycles. The van der Waals surface area contributed by atoms with E-state index in [0.717, 1.165) is 22.3 Å². The topological polar surface area (TPSA) is 70.5 Å². The highest BCUT2D eigenvalue weighted by molar-refractivity contribution is 5.92. The first-order chi connectivity index (χ1) is 10.7. The Kier molecular flexibility index (Phi) is 3.76. The van der Waals surface area contributed by atoms with Crippen molar-refractivity contribution in [2.24, 2.45) is 0 Å². The van der Waals surface area contributed by atoms with Crippen LogP contribution in [0.3, 0.4) is 0 Å². The molecule has 0 bridgehead atoms. The molecule has 22 heavy (non-hydrogen) atoms. The Morgan fingerprint density at radius 2 is 1.77 bits per heavy atom. The summed E-state index contributed by atoms with van der Waals surface area (Å²) in [5.74, 6) is 1.66. The zero-order valence-electron chi connectivity index (χ0n) is 12.3. The molecule has 112 valence electrons. The fraction of sp³-hybridized carbons (Fsp3) is 0.125. The molecule has 0 atom stereocenters. The summed E-state index contributed by atoms with van der Waals surface area (Å²) in [7, 11) is 3.55. The SMILES string of the molecule is COc1ccc(N(C)c2nc(NO)nc3ccccc23)cc1. The number of para-hydroxylation sites is 1. The molecule has 3 aromatic rings. The van der Waals surface area contributed by atoms with E-state index in [-0.39, 0.29) is 5.95 Å². The third-order valence-corrected chi connectivity index (χ3v) is 3.46. The Morgan fingerprint density at radius 1 is 1.05 bits per heavy atom. The summed E-state index contributed by atoms with van der Waals surface area (Å²) in [5, 5.41) is 10.0. The third-order valence-electron chi connectivity index (χ3n) is 3.46. The number of hydrogen-bond acceptors (Lipinski definition) is 6. The van der Waals surface area contributed by atoms with Crippen molar-refractivity contribution in [1.82, 2.24) is 9.97 Å². The summed E-state index contributed by atoms with van der Waals surface area (Å²) in [4.78, 5) is 10.5. The van der Waals surface area contributed by atoms with E-state index in [0.29, 0.717) is 5.82 Å². The van der Waals surface area contributed by atoms with Crippen molar-refractivity contribution >= 4 is 28.4 Å². The number of fused-ring (bicyclic) bond motifs is 1. The summed E-state index contributed by atoms with van der Waals surface area (Å²) in [5.41, 5.74) is 3.72. The molecule has 0 saturated heterocycles. The zero-order valence-corrected chi connectivity index (χ0v) is 12.3. The Morgan fingerprint density at radius 3 is 2.45 bits per heavy atom. The summed E-state index contributed by atoms with van der Waals surface area (Å²) in [6.07, 6.45) is 0. The number of nitrogens with zero attached hydrogens (tertiary/aromatic N) is 3. The smallest absolute Gasteiger partial charge is 0.249 e. The molecule has 0 aliphatic rings. The third kappa shape index (κ3) is 2.51. The minimum Gasteiger partial charge on any atom is -0.497 e. The summed E-state index contributed by atoms with van der Waals surface area (Å²) >= 11 is 0. The molecule has 6 nitrogen and oxygen atoms in total. The van der Waals surface area contributed by atoms with Gasteiger partial charge in [0.15, 0.2) is 0 Å². The minimum absolute atomic E-state index is 0.161. The second-order valence-corrected chi connectivity index (χ2v) is 4.76. The van der Waals surface area contributed by atoms with Crippen LogP contribution in [-0.4, -0.2) is 29.3 Å². The predicted octanol–water partition coefficient (Wildman–Crippen LogP) is 3.21. The van der Waals surface area contributed by atoms with Crippen LogP contribution in [0.1, 0.15) is 0 Å². The van der Waals surface area contributed by atoms with Gasteiger partial charge in [-0.15, -0.1) is 0 Å². The molecule has 0 spiro atoms. The average molecular weight is 296 g/mol. The minimum atomic E-state index is 0.161. The Bertz CT molecular complexity index is 790. The number of ether oxygens (including phenoxy) is 1. The van der Waals surface area contributed by atoms with Gasteiger partial charge in [0.25, 0.3) is 0 Å². The summed E-state index contributed by atoms with van der Waals surface area (Å²) in [6, 6.07) is 15.3. The molecule has 0 unspecified atom stereocenters. The van der Waals surface area contributed by atoms with Crippen molar-refractivity contribution < 1.29 is 9.94 Å². The zero-order chi connectivity index (χ0) is 15.5. The molecular weight excluding hydrogens is 280 g/mol. The van der Waals surface area contributed by atoms with Gasteiger partial charge >= 0.3 is 0 Å². The molecule has 1 heterocycles. The fourth-order valence-electron chi connectivity index (χ4n) is 2.29. The van der Waals surface area contributed by atoms with Gasteiger partial charge in [0.2, 0.25) is 5.95 Å². The predicted molar refractivity (Wildman–Crippen MR) is 86.0 cm³/mol. The van der Waals surface area contributed by atoms with Gasteiger partial charge < -0.3 is 9.64 Å². The molecule has 0 aliphatic carbocycles. The second-order valence-electron chi connectivity index (χ2n) is 4.76. The monoisotopic (exact) mass is 296 g/mol. The van der Waals surface area contributed by atoms with Gasteiger partial charge in [0, 0.05) is 18.1 Å². The highest BCUT2D eigenvalue weighted by atomic mass is 16.5.